The molecule has 0 N–H and O–H groups in total. The van der Waals surface area contributed by atoms with Crippen molar-refractivity contribution in [2.75, 3.05) is 7.11 Å². The largest absolute Gasteiger partial charge is 0.469 e. The third kappa shape index (κ3) is 5.26. The van der Waals surface area contributed by atoms with Gasteiger partial charge in [-0.25, -0.2) is 0 Å². The summed E-state index contributed by atoms with van der Waals surface area (Å²) in [4.78, 5) is 22.7. The van der Waals surface area contributed by atoms with Crippen LogP contribution in [0.3, 0.4) is 0 Å². The standard InChI is InChI=1S/C14H12F6O3/c1-23-12(22)4-2-3-11(21)9-7-8(13(15,16)17)5-6-10(9)14(18,19)20/h5-7H,2-4H2,1H3. The lowest BCUT2D eigenvalue weighted by Crippen LogP contribution is -2.16. The third-order valence-electron chi connectivity index (χ3n) is 2.97. The topological polar surface area (TPSA) is 43.4 Å². The highest BCUT2D eigenvalue weighted by molar-refractivity contribution is 5.98. The molecule has 0 aliphatic rings. The van der Waals surface area contributed by atoms with Gasteiger partial charge in [-0.2, -0.15) is 26.3 Å². The molecular weight excluding hydrogens is 330 g/mol. The average molecular weight is 342 g/mol. The summed E-state index contributed by atoms with van der Waals surface area (Å²) in [7, 11) is 1.10. The van der Waals surface area contributed by atoms with Gasteiger partial charge in [0.25, 0.3) is 0 Å². The van der Waals surface area contributed by atoms with Crippen LogP contribution in [0, 0.1) is 0 Å². The molecule has 0 atom stereocenters. The number of carbonyl (C=O) groups is 2. The summed E-state index contributed by atoms with van der Waals surface area (Å²) in [6.07, 6.45) is -10.7. The van der Waals surface area contributed by atoms with E-state index in [-0.39, 0.29) is 31.0 Å². The Hall–Kier alpha value is -2.06. The van der Waals surface area contributed by atoms with Crippen molar-refractivity contribution < 1.29 is 40.7 Å². The molecule has 23 heavy (non-hydrogen) atoms. The SMILES string of the molecule is COC(=O)CCCC(=O)c1cc(C(F)(F)F)ccc1C(F)(F)F. The maximum absolute atomic E-state index is 12.8. The molecule has 0 spiro atoms. The fourth-order valence-corrected chi connectivity index (χ4v) is 1.83. The van der Waals surface area contributed by atoms with Gasteiger partial charge in [0.05, 0.1) is 18.2 Å². The van der Waals surface area contributed by atoms with Gasteiger partial charge in [-0.3, -0.25) is 9.59 Å². The molecular formula is C14H12F6O3. The molecule has 0 heterocycles. The first kappa shape index (κ1) is 19.0. The highest BCUT2D eigenvalue weighted by Gasteiger charge is 2.38. The Bertz CT molecular complexity index is 589. The molecule has 9 heteroatoms. The Morgan fingerprint density at radius 1 is 1.00 bits per heavy atom. The predicted molar refractivity (Wildman–Crippen MR) is 66.6 cm³/mol. The van der Waals surface area contributed by atoms with E-state index in [0.717, 1.165) is 7.11 Å². The quantitative estimate of drug-likeness (QED) is 0.456. The summed E-state index contributed by atoms with van der Waals surface area (Å²) in [6.45, 7) is 0. The van der Waals surface area contributed by atoms with Crippen molar-refractivity contribution >= 4 is 11.8 Å². The molecule has 3 nitrogen and oxygen atoms in total. The monoisotopic (exact) mass is 342 g/mol. The molecule has 1 aromatic carbocycles. The van der Waals surface area contributed by atoms with E-state index in [1.807, 2.05) is 0 Å². The first-order valence-electron chi connectivity index (χ1n) is 6.35. The van der Waals surface area contributed by atoms with Crippen molar-refractivity contribution in [1.82, 2.24) is 0 Å². The lowest BCUT2D eigenvalue weighted by molar-refractivity contribution is -0.141. The summed E-state index contributed by atoms with van der Waals surface area (Å²) >= 11 is 0. The minimum Gasteiger partial charge on any atom is -0.469 e. The lowest BCUT2D eigenvalue weighted by atomic mass is 9.97. The molecule has 0 saturated carbocycles. The van der Waals surface area contributed by atoms with E-state index < -0.39 is 47.2 Å². The summed E-state index contributed by atoms with van der Waals surface area (Å²) < 4.78 is 80.6. The van der Waals surface area contributed by atoms with E-state index >= 15 is 0 Å². The molecule has 0 aromatic heterocycles. The maximum Gasteiger partial charge on any atom is 0.417 e. The first-order chi connectivity index (χ1) is 10.5. The number of hydrogen-bond donors (Lipinski definition) is 0. The number of rotatable bonds is 5. The number of esters is 1. The summed E-state index contributed by atoms with van der Waals surface area (Å²) in [5.74, 6) is -1.79. The van der Waals surface area contributed by atoms with Gasteiger partial charge < -0.3 is 4.74 Å². The number of halogens is 6. The van der Waals surface area contributed by atoms with Gasteiger partial charge >= 0.3 is 18.3 Å². The van der Waals surface area contributed by atoms with Crippen LogP contribution in [0.5, 0.6) is 0 Å². The summed E-state index contributed by atoms with van der Waals surface area (Å²) in [6, 6.07) is 0.688. The molecule has 0 amide bonds. The number of benzene rings is 1. The molecule has 0 fully saturated rings. The zero-order chi connectivity index (χ0) is 17.8. The van der Waals surface area contributed by atoms with Crippen LogP contribution < -0.4 is 0 Å². The number of alkyl halides is 6. The second-order valence-electron chi connectivity index (χ2n) is 4.61. The molecule has 0 aliphatic heterocycles. The van der Waals surface area contributed by atoms with E-state index in [9.17, 15) is 35.9 Å². The second-order valence-corrected chi connectivity index (χ2v) is 4.61. The zero-order valence-corrected chi connectivity index (χ0v) is 11.8. The van der Waals surface area contributed by atoms with Crippen molar-refractivity contribution in [3.8, 4) is 0 Å². The van der Waals surface area contributed by atoms with Gasteiger partial charge in [-0.1, -0.05) is 0 Å². The fourth-order valence-electron chi connectivity index (χ4n) is 1.83. The van der Waals surface area contributed by atoms with E-state index in [1.54, 1.807) is 0 Å². The molecule has 0 unspecified atom stereocenters. The Kier molecular flexibility index (Phi) is 5.79. The highest BCUT2D eigenvalue weighted by Crippen LogP contribution is 2.37. The third-order valence-corrected chi connectivity index (χ3v) is 2.97. The van der Waals surface area contributed by atoms with E-state index in [0.29, 0.717) is 0 Å². The number of methoxy groups -OCH3 is 1. The second kappa shape index (κ2) is 7.01. The number of carbonyl (C=O) groups excluding carboxylic acids is 2. The van der Waals surface area contributed by atoms with Gasteiger partial charge in [0, 0.05) is 18.4 Å². The van der Waals surface area contributed by atoms with Crippen LogP contribution in [0.15, 0.2) is 18.2 Å². The molecule has 1 rings (SSSR count). The van der Waals surface area contributed by atoms with Gasteiger partial charge in [0.15, 0.2) is 5.78 Å². The van der Waals surface area contributed by atoms with Crippen LogP contribution in [0.25, 0.3) is 0 Å². The number of hydrogen-bond acceptors (Lipinski definition) is 3. The van der Waals surface area contributed by atoms with E-state index in [1.165, 1.54) is 0 Å². The van der Waals surface area contributed by atoms with Crippen LogP contribution in [-0.2, 0) is 21.9 Å². The minimum absolute atomic E-state index is 0.126. The van der Waals surface area contributed by atoms with Crippen molar-refractivity contribution in [1.29, 1.82) is 0 Å². The molecule has 0 bridgehead atoms. The molecule has 0 radical (unpaired) electrons. The van der Waals surface area contributed by atoms with E-state index in [4.69, 9.17) is 0 Å². The van der Waals surface area contributed by atoms with Crippen molar-refractivity contribution in [2.24, 2.45) is 0 Å². The predicted octanol–water partition coefficient (Wildman–Crippen LogP) is 4.25. The summed E-state index contributed by atoms with van der Waals surface area (Å²) in [5, 5.41) is 0. The lowest BCUT2D eigenvalue weighted by Gasteiger charge is -2.15. The van der Waals surface area contributed by atoms with Crippen LogP contribution in [0.4, 0.5) is 26.3 Å². The van der Waals surface area contributed by atoms with Gasteiger partial charge in [-0.05, 0) is 24.6 Å². The Balaban J connectivity index is 3.09. The number of Topliss-reactive ketones (excluding diaryl/α,β-unsaturated/α-hetero) is 1. The van der Waals surface area contributed by atoms with Gasteiger partial charge in [0.1, 0.15) is 0 Å². The molecule has 128 valence electrons. The molecule has 0 aliphatic carbocycles. The van der Waals surface area contributed by atoms with Crippen molar-refractivity contribution in [3.63, 3.8) is 0 Å². The smallest absolute Gasteiger partial charge is 0.417 e. The average Bonchev–Trinajstić information content (AvgIpc) is 2.44. The van der Waals surface area contributed by atoms with Crippen molar-refractivity contribution in [2.45, 2.75) is 31.6 Å². The van der Waals surface area contributed by atoms with Gasteiger partial charge in [-0.15, -0.1) is 0 Å². The maximum atomic E-state index is 12.8. The highest BCUT2D eigenvalue weighted by atomic mass is 19.4. The summed E-state index contributed by atoms with van der Waals surface area (Å²) in [5.41, 5.74) is -3.84. The number of ether oxygens (including phenoxy) is 1. The van der Waals surface area contributed by atoms with Crippen LogP contribution in [0.1, 0.15) is 40.7 Å². The van der Waals surface area contributed by atoms with Crippen LogP contribution >= 0.6 is 0 Å². The van der Waals surface area contributed by atoms with E-state index in [2.05, 4.69) is 4.74 Å². The Morgan fingerprint density at radius 2 is 1.61 bits per heavy atom. The van der Waals surface area contributed by atoms with Crippen LogP contribution in [-0.4, -0.2) is 18.9 Å². The van der Waals surface area contributed by atoms with Gasteiger partial charge in [0.2, 0.25) is 0 Å². The molecule has 0 saturated heterocycles. The van der Waals surface area contributed by atoms with Crippen molar-refractivity contribution in [3.05, 3.63) is 34.9 Å². The Morgan fingerprint density at radius 3 is 2.09 bits per heavy atom. The fraction of sp³-hybridized carbons (Fsp3) is 0.429. The van der Waals surface area contributed by atoms with Crippen LogP contribution in [0.2, 0.25) is 0 Å². The number of ketones is 1. The zero-order valence-electron chi connectivity index (χ0n) is 11.8. The molecule has 1 aromatic rings. The Labute approximate surface area is 127 Å². The normalized spacial score (nSPS) is 12.1. The first-order valence-corrected chi connectivity index (χ1v) is 6.35. The minimum atomic E-state index is -4.96.